The number of rotatable bonds is 4. The molecule has 13 heteroatoms. The van der Waals surface area contributed by atoms with Crippen LogP contribution in [-0.4, -0.2) is 72.6 Å². The van der Waals surface area contributed by atoms with Crippen LogP contribution < -0.4 is 16.6 Å². The van der Waals surface area contributed by atoms with Crippen molar-refractivity contribution in [1.82, 2.24) is 34.3 Å². The predicted octanol–water partition coefficient (Wildman–Crippen LogP) is 1.74. The van der Waals surface area contributed by atoms with Gasteiger partial charge in [-0.15, -0.1) is 11.3 Å². The van der Waals surface area contributed by atoms with Crippen molar-refractivity contribution in [2.24, 2.45) is 17.8 Å². The number of aromatic nitrogens is 6. The van der Waals surface area contributed by atoms with Crippen LogP contribution in [0.15, 0.2) is 52.4 Å². The molecule has 1 aliphatic rings. The van der Waals surface area contributed by atoms with Gasteiger partial charge >= 0.3 is 0 Å². The number of aryl methyl sites for hydroxylation is 1. The van der Waals surface area contributed by atoms with Crippen LogP contribution >= 0.6 is 11.3 Å². The molecule has 5 aromatic rings. The maximum atomic E-state index is 13.1. The second kappa shape index (κ2) is 8.94. The van der Waals surface area contributed by atoms with Crippen molar-refractivity contribution >= 4 is 55.4 Å². The van der Waals surface area contributed by atoms with Gasteiger partial charge in [-0.05, 0) is 24.3 Å². The number of hydrogen-bond acceptors (Lipinski definition) is 9. The highest BCUT2D eigenvalue weighted by atomic mass is 32.1. The summed E-state index contributed by atoms with van der Waals surface area (Å²) in [4.78, 5) is 41.2. The molecule has 4 N–H and O–H groups in total. The molecule has 1 amide bonds. The first kappa shape index (κ1) is 23.1. The third kappa shape index (κ3) is 4.07. The van der Waals surface area contributed by atoms with E-state index in [1.165, 1.54) is 11.3 Å². The molecule has 0 radical (unpaired) electrons. The minimum absolute atomic E-state index is 0.175. The van der Waals surface area contributed by atoms with Gasteiger partial charge in [0.1, 0.15) is 21.3 Å². The molecule has 0 aromatic carbocycles. The number of carbonyl (C=O) groups excluding carboxylic acids is 1. The van der Waals surface area contributed by atoms with Crippen LogP contribution in [0.25, 0.3) is 37.2 Å². The number of H-pyrrole nitrogens is 1. The summed E-state index contributed by atoms with van der Waals surface area (Å²) in [5.74, 6) is -0.175. The standard InChI is InChI=1S/C24H24N10O2S/c1-26-17-10-33(4-3-13(17)6-25)12-19(35)29-15-5-16-21(27-8-15)22-20(23(36)30-16)24-34(31-22)11-18(37-24)14-7-28-32(2)9-14/h5-9,11H,3-4,10,12,25H2,1-2H3,(H,29,35)(H,30,36)/b13-6-,26-17?. The summed E-state index contributed by atoms with van der Waals surface area (Å²) in [6.07, 6.45) is 9.50. The summed E-state index contributed by atoms with van der Waals surface area (Å²) in [5.41, 5.74) is 10.4. The number of anilines is 1. The van der Waals surface area contributed by atoms with Crippen LogP contribution in [0.4, 0.5) is 5.69 Å². The Morgan fingerprint density at radius 3 is 2.95 bits per heavy atom. The number of nitrogens with one attached hydrogen (secondary N) is 2. The van der Waals surface area contributed by atoms with Crippen molar-refractivity contribution in [1.29, 1.82) is 0 Å². The van der Waals surface area contributed by atoms with Crippen molar-refractivity contribution in [3.63, 3.8) is 0 Å². The first-order valence-corrected chi connectivity index (χ1v) is 12.5. The molecule has 0 aliphatic carbocycles. The van der Waals surface area contributed by atoms with Gasteiger partial charge in [-0.3, -0.25) is 29.1 Å². The number of nitrogens with two attached hydrogens (primary N) is 1. The number of carbonyl (C=O) groups is 1. The van der Waals surface area contributed by atoms with Crippen LogP contribution in [0, 0.1) is 0 Å². The number of thiazole rings is 1. The number of fused-ring (bicyclic) bond motifs is 5. The average Bonchev–Trinajstić information content (AvgIpc) is 3.58. The van der Waals surface area contributed by atoms with Crippen molar-refractivity contribution in [2.45, 2.75) is 6.42 Å². The summed E-state index contributed by atoms with van der Waals surface area (Å²) in [6.45, 7) is 1.49. The fraction of sp³-hybridized carbons (Fsp3) is 0.250. The SMILES string of the molecule is CN=C1CN(CC(=O)Nc2cnc3c(c2)[nH]c(=O)c2c3nn3cc(-c4cnn(C)c4)sc23)CC/C1=C/N. The zero-order chi connectivity index (χ0) is 25.7. The van der Waals surface area contributed by atoms with E-state index in [1.54, 1.807) is 40.9 Å². The molecule has 1 fully saturated rings. The number of amides is 1. The lowest BCUT2D eigenvalue weighted by Crippen LogP contribution is -2.42. The number of hydrogen-bond donors (Lipinski definition) is 3. The van der Waals surface area contributed by atoms with E-state index in [0.29, 0.717) is 34.2 Å². The zero-order valence-electron chi connectivity index (χ0n) is 20.2. The van der Waals surface area contributed by atoms with Crippen LogP contribution in [0.1, 0.15) is 6.42 Å². The van der Waals surface area contributed by atoms with Gasteiger partial charge in [0.25, 0.3) is 5.56 Å². The highest BCUT2D eigenvalue weighted by molar-refractivity contribution is 7.21. The molecular formula is C24H24N10O2S. The summed E-state index contributed by atoms with van der Waals surface area (Å²) >= 11 is 1.47. The van der Waals surface area contributed by atoms with Gasteiger partial charge in [-0.1, -0.05) is 0 Å². The smallest absolute Gasteiger partial charge is 0.261 e. The molecule has 37 heavy (non-hydrogen) atoms. The van der Waals surface area contributed by atoms with E-state index in [0.717, 1.165) is 39.5 Å². The molecule has 6 heterocycles. The van der Waals surface area contributed by atoms with Crippen molar-refractivity contribution in [3.8, 4) is 10.4 Å². The Kier molecular flexibility index (Phi) is 5.57. The minimum atomic E-state index is -0.258. The fourth-order valence-corrected chi connectivity index (χ4v) is 5.71. The van der Waals surface area contributed by atoms with Crippen LogP contribution in [-0.2, 0) is 11.8 Å². The largest absolute Gasteiger partial charge is 0.404 e. The number of aromatic amines is 1. The van der Waals surface area contributed by atoms with Gasteiger partial charge in [0, 0.05) is 45.1 Å². The highest BCUT2D eigenvalue weighted by Gasteiger charge is 2.22. The Hall–Kier alpha value is -4.36. The third-order valence-electron chi connectivity index (χ3n) is 6.45. The molecule has 0 atom stereocenters. The Morgan fingerprint density at radius 1 is 1.32 bits per heavy atom. The quantitative estimate of drug-likeness (QED) is 0.329. The first-order valence-electron chi connectivity index (χ1n) is 11.7. The lowest BCUT2D eigenvalue weighted by atomic mass is 10.0. The monoisotopic (exact) mass is 516 g/mol. The van der Waals surface area contributed by atoms with Crippen molar-refractivity contribution < 1.29 is 4.79 Å². The number of likely N-dealkylation sites (tertiary alicyclic amines) is 1. The summed E-state index contributed by atoms with van der Waals surface area (Å²) in [7, 11) is 3.58. The Labute approximate surface area is 214 Å². The van der Waals surface area contributed by atoms with Crippen LogP contribution in [0.5, 0.6) is 0 Å². The molecule has 0 spiro atoms. The molecule has 188 valence electrons. The molecular weight excluding hydrogens is 492 g/mol. The molecule has 1 saturated heterocycles. The van der Waals surface area contributed by atoms with Crippen LogP contribution in [0.2, 0.25) is 0 Å². The molecule has 0 unspecified atom stereocenters. The van der Waals surface area contributed by atoms with E-state index >= 15 is 0 Å². The number of aliphatic imine (C=N–C) groups is 1. The molecule has 0 bridgehead atoms. The summed E-state index contributed by atoms with van der Waals surface area (Å²) < 4.78 is 3.44. The Morgan fingerprint density at radius 2 is 2.19 bits per heavy atom. The Bertz CT molecular complexity index is 1800. The second-order valence-corrected chi connectivity index (χ2v) is 9.95. The lowest BCUT2D eigenvalue weighted by molar-refractivity contribution is -0.117. The van der Waals surface area contributed by atoms with Gasteiger partial charge < -0.3 is 16.0 Å². The molecule has 12 nitrogen and oxygen atoms in total. The molecule has 1 aliphatic heterocycles. The molecule has 5 aromatic heterocycles. The maximum Gasteiger partial charge on any atom is 0.261 e. The van der Waals surface area contributed by atoms with Crippen LogP contribution in [0.3, 0.4) is 0 Å². The number of piperidine rings is 1. The van der Waals surface area contributed by atoms with Gasteiger partial charge in [-0.25, -0.2) is 4.52 Å². The number of nitrogens with zero attached hydrogens (tertiary/aromatic N) is 7. The average molecular weight is 517 g/mol. The van der Waals surface area contributed by atoms with E-state index in [1.807, 2.05) is 24.3 Å². The van der Waals surface area contributed by atoms with Gasteiger partial charge in [-0.2, -0.15) is 10.2 Å². The van der Waals surface area contributed by atoms with E-state index in [2.05, 4.69) is 30.5 Å². The summed E-state index contributed by atoms with van der Waals surface area (Å²) in [5, 5.41) is 12.2. The van der Waals surface area contributed by atoms with E-state index < -0.39 is 0 Å². The normalized spacial score (nSPS) is 17.0. The molecule has 6 rings (SSSR count). The minimum Gasteiger partial charge on any atom is -0.404 e. The zero-order valence-corrected chi connectivity index (χ0v) is 21.0. The van der Waals surface area contributed by atoms with Gasteiger partial charge in [0.05, 0.1) is 40.7 Å². The van der Waals surface area contributed by atoms with E-state index in [9.17, 15) is 9.59 Å². The van der Waals surface area contributed by atoms with E-state index in [4.69, 9.17) is 5.73 Å². The fourth-order valence-electron chi connectivity index (χ4n) is 4.65. The highest BCUT2D eigenvalue weighted by Crippen LogP contribution is 2.33. The lowest BCUT2D eigenvalue weighted by Gasteiger charge is -2.28. The Balaban J connectivity index is 1.26. The summed E-state index contributed by atoms with van der Waals surface area (Å²) in [6, 6.07) is 1.71. The molecule has 0 saturated carbocycles. The van der Waals surface area contributed by atoms with Gasteiger partial charge in [0.2, 0.25) is 5.91 Å². The second-order valence-electron chi connectivity index (χ2n) is 8.92. The topological polar surface area (TPSA) is 152 Å². The van der Waals surface area contributed by atoms with Gasteiger partial charge in [0.15, 0.2) is 0 Å². The third-order valence-corrected chi connectivity index (χ3v) is 7.60. The van der Waals surface area contributed by atoms with Crippen molar-refractivity contribution in [3.05, 3.63) is 53.0 Å². The predicted molar refractivity (Wildman–Crippen MR) is 144 cm³/mol. The maximum absolute atomic E-state index is 13.1. The number of pyridine rings is 2. The first-order chi connectivity index (χ1) is 17.9. The van der Waals surface area contributed by atoms with E-state index in [-0.39, 0.29) is 18.0 Å². The van der Waals surface area contributed by atoms with Crippen molar-refractivity contribution in [2.75, 3.05) is 32.0 Å².